The fraction of sp³-hybridized carbons (Fsp3) is 1.00. The van der Waals surface area contributed by atoms with Crippen LogP contribution in [-0.2, 0) is 0 Å². The summed E-state index contributed by atoms with van der Waals surface area (Å²) >= 11 is 0. The van der Waals surface area contributed by atoms with E-state index in [0.29, 0.717) is 0 Å². The van der Waals surface area contributed by atoms with E-state index in [1.54, 1.807) is 0 Å². The van der Waals surface area contributed by atoms with Crippen molar-refractivity contribution in [3.8, 4) is 0 Å². The molecule has 0 N–H and O–H groups in total. The molecule has 0 bridgehead atoms. The van der Waals surface area contributed by atoms with Gasteiger partial charge in [0.2, 0.25) is 0 Å². The monoisotopic (exact) mass is 315 g/mol. The van der Waals surface area contributed by atoms with Crippen LogP contribution in [0.1, 0.15) is 110 Å². The van der Waals surface area contributed by atoms with Crippen LogP contribution in [0, 0.1) is 0 Å². The number of piperidine rings is 1. The third-order valence-electron chi connectivity index (χ3n) is 5.19. The molecule has 1 unspecified atom stereocenters. The number of nitrogens with zero attached hydrogens (tertiary/aromatic N) is 1. The van der Waals surface area contributed by atoms with Gasteiger partial charge in [-0.2, -0.15) is 0 Å². The molecule has 0 radical (unpaired) electrons. The molecule has 1 atom stereocenters. The first kappa shape index (κ1) is 21.9. The Bertz CT molecular complexity index is 220. The fourth-order valence-electron chi connectivity index (χ4n) is 3.75. The first-order valence-electron chi connectivity index (χ1n) is 10.1. The molecule has 2 heteroatoms. The molecule has 0 saturated carbocycles. The van der Waals surface area contributed by atoms with Gasteiger partial charge >= 0.3 is 0 Å². The van der Waals surface area contributed by atoms with Gasteiger partial charge in [-0.3, -0.25) is 4.70 Å². The smallest absolute Gasteiger partial charge is 0.00952 e. The molecule has 1 rings (SSSR count). The van der Waals surface area contributed by atoms with E-state index in [-0.39, 0.29) is 4.70 Å². The summed E-state index contributed by atoms with van der Waals surface area (Å²) in [4.78, 5) is 2.82. The average Bonchev–Trinajstić information content (AvgIpc) is 2.52. The van der Waals surface area contributed by atoms with Gasteiger partial charge in [-0.25, -0.2) is 0 Å². The molecule has 1 nitrogen and oxygen atoms in total. The highest BCUT2D eigenvalue weighted by Gasteiger charge is 2.20. The van der Waals surface area contributed by atoms with Crippen LogP contribution in [0.2, 0.25) is 0 Å². The van der Waals surface area contributed by atoms with Gasteiger partial charge in [-0.15, -0.1) is 0 Å². The lowest BCUT2D eigenvalue weighted by Gasteiger charge is -2.36. The van der Waals surface area contributed by atoms with Crippen molar-refractivity contribution in [1.82, 2.24) is 4.90 Å². The van der Waals surface area contributed by atoms with Crippen LogP contribution in [0.25, 0.3) is 0 Å². The lowest BCUT2D eigenvalue weighted by atomic mass is 9.97. The van der Waals surface area contributed by atoms with Crippen LogP contribution in [-0.4, -0.2) is 24.0 Å². The molecule has 0 aromatic rings. The van der Waals surface area contributed by atoms with E-state index >= 15 is 0 Å². The Morgan fingerprint density at radius 1 is 0.727 bits per heavy atom. The van der Waals surface area contributed by atoms with Crippen LogP contribution in [0.15, 0.2) is 0 Å². The van der Waals surface area contributed by atoms with Crippen molar-refractivity contribution in [1.29, 1.82) is 0 Å². The standard InChI is InChI=1S/C20H41N.FH/c1-3-5-7-8-9-10-11-12-14-18-21-19-15-13-17-20(21)16-6-4-2;/h20H,3-19H2,1-2H3;1H. The first-order chi connectivity index (χ1) is 10.4. The molecule has 0 aromatic heterocycles. The Hall–Kier alpha value is -0.110. The molecule has 1 aliphatic heterocycles. The van der Waals surface area contributed by atoms with E-state index in [2.05, 4.69) is 18.7 Å². The third kappa shape index (κ3) is 10.6. The second-order valence-electron chi connectivity index (χ2n) is 7.16. The predicted molar refractivity (Wildman–Crippen MR) is 98.5 cm³/mol. The van der Waals surface area contributed by atoms with Gasteiger partial charge in [0.1, 0.15) is 0 Å². The summed E-state index contributed by atoms with van der Waals surface area (Å²) in [5.74, 6) is 0. The molecule has 1 fully saturated rings. The van der Waals surface area contributed by atoms with Gasteiger partial charge < -0.3 is 4.90 Å². The van der Waals surface area contributed by atoms with E-state index in [1.165, 1.54) is 109 Å². The largest absolute Gasteiger partial charge is 0.300 e. The molecule has 0 aromatic carbocycles. The zero-order valence-electron chi connectivity index (χ0n) is 15.5. The van der Waals surface area contributed by atoms with Crippen molar-refractivity contribution in [2.24, 2.45) is 0 Å². The van der Waals surface area contributed by atoms with Gasteiger partial charge in [-0.05, 0) is 38.8 Å². The number of unbranched alkanes of at least 4 members (excludes halogenated alkanes) is 9. The number of rotatable bonds is 13. The number of halogens is 1. The van der Waals surface area contributed by atoms with Crippen LogP contribution in [0.3, 0.4) is 0 Å². The van der Waals surface area contributed by atoms with Gasteiger partial charge in [0.25, 0.3) is 0 Å². The second kappa shape index (κ2) is 15.8. The maximum atomic E-state index is 2.82. The van der Waals surface area contributed by atoms with Crippen molar-refractivity contribution in [2.45, 2.75) is 116 Å². The summed E-state index contributed by atoms with van der Waals surface area (Å²) in [5.41, 5.74) is 0. The van der Waals surface area contributed by atoms with Gasteiger partial charge in [0.05, 0.1) is 0 Å². The maximum Gasteiger partial charge on any atom is 0.00952 e. The minimum absolute atomic E-state index is 0. The molecule has 0 amide bonds. The van der Waals surface area contributed by atoms with Crippen molar-refractivity contribution < 1.29 is 4.70 Å². The SMILES string of the molecule is CCCCCCCCCCCN1CCCCC1CCCC.F. The molecule has 1 heterocycles. The molecule has 22 heavy (non-hydrogen) atoms. The van der Waals surface area contributed by atoms with E-state index in [1.807, 2.05) is 0 Å². The fourth-order valence-corrected chi connectivity index (χ4v) is 3.75. The quantitative estimate of drug-likeness (QED) is 0.341. The molecular formula is C20H42FN. The Labute approximate surface area is 139 Å². The highest BCUT2D eigenvalue weighted by atomic mass is 19.0. The summed E-state index contributed by atoms with van der Waals surface area (Å²) in [6.45, 7) is 7.39. The summed E-state index contributed by atoms with van der Waals surface area (Å²) in [6.07, 6.45) is 21.7. The average molecular weight is 316 g/mol. The van der Waals surface area contributed by atoms with Gasteiger partial charge in [0.15, 0.2) is 0 Å². The molecular weight excluding hydrogens is 273 g/mol. The Kier molecular flexibility index (Phi) is 15.7. The second-order valence-corrected chi connectivity index (χ2v) is 7.16. The maximum absolute atomic E-state index is 2.82. The van der Waals surface area contributed by atoms with Crippen LogP contribution < -0.4 is 0 Å². The van der Waals surface area contributed by atoms with Crippen LogP contribution >= 0.6 is 0 Å². The van der Waals surface area contributed by atoms with Crippen LogP contribution in [0.5, 0.6) is 0 Å². The summed E-state index contributed by atoms with van der Waals surface area (Å²) < 4.78 is 0. The van der Waals surface area contributed by atoms with E-state index < -0.39 is 0 Å². The topological polar surface area (TPSA) is 3.24 Å². The molecule has 1 aliphatic rings. The van der Waals surface area contributed by atoms with Crippen molar-refractivity contribution in [2.75, 3.05) is 13.1 Å². The minimum atomic E-state index is 0. The summed E-state index contributed by atoms with van der Waals surface area (Å²) in [7, 11) is 0. The molecule has 0 spiro atoms. The van der Waals surface area contributed by atoms with Crippen molar-refractivity contribution >= 4 is 0 Å². The normalized spacial score (nSPS) is 19.1. The summed E-state index contributed by atoms with van der Waals surface area (Å²) in [6, 6.07) is 0.924. The Morgan fingerprint density at radius 3 is 1.95 bits per heavy atom. The Morgan fingerprint density at radius 2 is 1.32 bits per heavy atom. The molecule has 134 valence electrons. The molecule has 1 saturated heterocycles. The number of hydrogen-bond donors (Lipinski definition) is 0. The highest BCUT2D eigenvalue weighted by molar-refractivity contribution is 4.76. The minimum Gasteiger partial charge on any atom is -0.300 e. The van der Waals surface area contributed by atoms with E-state index in [9.17, 15) is 0 Å². The zero-order valence-corrected chi connectivity index (χ0v) is 15.5. The number of hydrogen-bond acceptors (Lipinski definition) is 1. The zero-order chi connectivity index (χ0) is 15.2. The van der Waals surface area contributed by atoms with Gasteiger partial charge in [0, 0.05) is 6.04 Å². The Balaban J connectivity index is 0.00000441. The third-order valence-corrected chi connectivity index (χ3v) is 5.19. The first-order valence-corrected chi connectivity index (χ1v) is 10.1. The predicted octanol–water partition coefficient (Wildman–Crippen LogP) is 6.71. The van der Waals surface area contributed by atoms with Crippen molar-refractivity contribution in [3.63, 3.8) is 0 Å². The van der Waals surface area contributed by atoms with Crippen LogP contribution in [0.4, 0.5) is 4.70 Å². The van der Waals surface area contributed by atoms with Crippen molar-refractivity contribution in [3.05, 3.63) is 0 Å². The molecule has 0 aliphatic carbocycles. The van der Waals surface area contributed by atoms with E-state index in [4.69, 9.17) is 0 Å². The summed E-state index contributed by atoms with van der Waals surface area (Å²) in [5, 5.41) is 0. The number of likely N-dealkylation sites (tertiary alicyclic amines) is 1. The lowest BCUT2D eigenvalue weighted by molar-refractivity contribution is 0.135. The van der Waals surface area contributed by atoms with Gasteiger partial charge in [-0.1, -0.05) is 84.5 Å². The highest BCUT2D eigenvalue weighted by Crippen LogP contribution is 2.22. The lowest BCUT2D eigenvalue weighted by Crippen LogP contribution is -2.40. The van der Waals surface area contributed by atoms with E-state index in [0.717, 1.165) is 6.04 Å².